The highest BCUT2D eigenvalue weighted by Gasteiger charge is 2.43. The van der Waals surface area contributed by atoms with Crippen molar-refractivity contribution in [3.63, 3.8) is 0 Å². The van der Waals surface area contributed by atoms with E-state index in [1.165, 1.54) is 27.7 Å². The Labute approximate surface area is 284 Å². The predicted octanol–water partition coefficient (Wildman–Crippen LogP) is 5.99. The van der Waals surface area contributed by atoms with Crippen LogP contribution in [0.25, 0.3) is 11.1 Å². The van der Waals surface area contributed by atoms with Gasteiger partial charge in [0.25, 0.3) is 0 Å². The number of hydrogen-bond donors (Lipinski definition) is 1. The third-order valence-corrected chi connectivity index (χ3v) is 9.41. The smallest absolute Gasteiger partial charge is 0.414 e. The number of amides is 2. The van der Waals surface area contributed by atoms with Gasteiger partial charge < -0.3 is 15.4 Å². The molecule has 2 aliphatic heterocycles. The molecule has 1 atom stereocenters. The molecule has 49 heavy (non-hydrogen) atoms. The molecule has 1 unspecified atom stereocenters. The van der Waals surface area contributed by atoms with Crippen LogP contribution in [-0.4, -0.2) is 65.7 Å². The lowest BCUT2D eigenvalue weighted by Crippen LogP contribution is -2.57. The first-order valence-electron chi connectivity index (χ1n) is 16.5. The van der Waals surface area contributed by atoms with Crippen LogP contribution in [0.3, 0.4) is 0 Å². The molecule has 10 heteroatoms. The summed E-state index contributed by atoms with van der Waals surface area (Å²) in [6, 6.07) is 36.6. The maximum atomic E-state index is 15.4. The Morgan fingerprint density at radius 1 is 0.816 bits per heavy atom. The van der Waals surface area contributed by atoms with Crippen molar-refractivity contribution in [1.82, 2.24) is 14.9 Å². The quantitative estimate of drug-likeness (QED) is 0.184. The molecule has 2 N–H and O–H groups in total. The second kappa shape index (κ2) is 13.9. The molecule has 2 amide bonds. The molecule has 7 rings (SSSR count). The Bertz CT molecular complexity index is 1810. The lowest BCUT2D eigenvalue weighted by Gasteiger charge is -2.49. The molecule has 0 saturated carbocycles. The van der Waals surface area contributed by atoms with Crippen LogP contribution in [0.2, 0.25) is 0 Å². The van der Waals surface area contributed by atoms with Crippen LogP contribution in [0.1, 0.15) is 29.5 Å². The highest BCUT2D eigenvalue weighted by atomic mass is 19.1. The van der Waals surface area contributed by atoms with Crippen LogP contribution >= 0.6 is 0 Å². The maximum Gasteiger partial charge on any atom is 0.414 e. The summed E-state index contributed by atoms with van der Waals surface area (Å²) in [6.07, 6.45) is 2.66. The predicted molar refractivity (Wildman–Crippen MR) is 186 cm³/mol. The maximum absolute atomic E-state index is 15.4. The molecule has 0 bridgehead atoms. The van der Waals surface area contributed by atoms with E-state index < -0.39 is 29.5 Å². The number of halogens is 1. The first-order valence-corrected chi connectivity index (χ1v) is 16.5. The number of anilines is 2. The highest BCUT2D eigenvalue weighted by Crippen LogP contribution is 2.43. The van der Waals surface area contributed by atoms with Crippen molar-refractivity contribution in [2.24, 2.45) is 5.73 Å². The van der Waals surface area contributed by atoms with Gasteiger partial charge >= 0.3 is 6.09 Å². The van der Waals surface area contributed by atoms with Crippen LogP contribution < -0.4 is 15.5 Å². The van der Waals surface area contributed by atoms with Crippen molar-refractivity contribution >= 4 is 23.6 Å². The summed E-state index contributed by atoms with van der Waals surface area (Å²) in [7, 11) is 0. The number of hydrogen-bond acceptors (Lipinski definition) is 7. The molecule has 0 spiro atoms. The van der Waals surface area contributed by atoms with E-state index in [0.717, 1.165) is 13.1 Å². The fourth-order valence-corrected chi connectivity index (χ4v) is 7.04. The van der Waals surface area contributed by atoms with E-state index >= 15 is 4.39 Å². The van der Waals surface area contributed by atoms with Gasteiger partial charge in [-0.1, -0.05) is 91.0 Å². The standard InChI is InChI=1S/C39H37FN6O3/c40-35-24-32(46-27-33(49-38(46)48)17-19-36(41)47)16-18-34(35)28-25-42-37(43-26-28)44-20-22-45(23-21-44)39(29-10-4-1-5-11-29,30-12-6-2-7-13-30)31-14-8-3-9-15-31/h1-16,18,24-26,33H,17,19-23,27H2,(H2,41,47). The molecule has 2 saturated heterocycles. The average Bonchev–Trinajstić information content (AvgIpc) is 3.53. The van der Waals surface area contributed by atoms with E-state index in [2.05, 4.69) is 111 Å². The third-order valence-electron chi connectivity index (χ3n) is 9.41. The molecule has 2 fully saturated rings. The Balaban J connectivity index is 1.08. The minimum absolute atomic E-state index is 0.112. The van der Waals surface area contributed by atoms with E-state index in [0.29, 0.717) is 42.3 Å². The second-order valence-corrected chi connectivity index (χ2v) is 12.3. The average molecular weight is 657 g/mol. The van der Waals surface area contributed by atoms with Gasteiger partial charge in [0.2, 0.25) is 11.9 Å². The van der Waals surface area contributed by atoms with Crippen LogP contribution in [0.5, 0.6) is 0 Å². The van der Waals surface area contributed by atoms with Gasteiger partial charge in [0.15, 0.2) is 0 Å². The summed E-state index contributed by atoms with van der Waals surface area (Å²) in [6.45, 7) is 3.18. The highest BCUT2D eigenvalue weighted by molar-refractivity contribution is 5.90. The number of benzene rings is 4. The van der Waals surface area contributed by atoms with Gasteiger partial charge in [-0.2, -0.15) is 0 Å². The third kappa shape index (κ3) is 6.35. The number of carbonyl (C=O) groups is 2. The summed E-state index contributed by atoms with van der Waals surface area (Å²) in [5.41, 5.74) is 9.59. The van der Waals surface area contributed by atoms with Gasteiger partial charge in [0.05, 0.1) is 17.8 Å². The zero-order chi connectivity index (χ0) is 33.8. The lowest BCUT2D eigenvalue weighted by molar-refractivity contribution is -0.118. The molecule has 248 valence electrons. The number of carbonyl (C=O) groups excluding carboxylic acids is 2. The fourth-order valence-electron chi connectivity index (χ4n) is 7.04. The number of nitrogens with zero attached hydrogens (tertiary/aromatic N) is 5. The first kappa shape index (κ1) is 32.0. The van der Waals surface area contributed by atoms with Gasteiger partial charge in [0, 0.05) is 56.1 Å². The zero-order valence-corrected chi connectivity index (χ0v) is 27.0. The van der Waals surface area contributed by atoms with Crippen molar-refractivity contribution in [3.8, 4) is 11.1 Å². The number of rotatable bonds is 10. The number of nitrogens with two attached hydrogens (primary N) is 1. The molecule has 0 aliphatic carbocycles. The number of cyclic esters (lactones) is 1. The molecule has 5 aromatic rings. The van der Waals surface area contributed by atoms with E-state index in [1.54, 1.807) is 24.5 Å². The SMILES string of the molecule is NC(=O)CCC1CN(c2ccc(-c3cnc(N4CCN(C(c5ccccc5)(c5ccccc5)c5ccccc5)CC4)nc3)c(F)c2)C(=O)O1. The van der Waals surface area contributed by atoms with E-state index in [4.69, 9.17) is 10.5 Å². The van der Waals surface area contributed by atoms with Gasteiger partial charge in [-0.05, 0) is 41.3 Å². The van der Waals surface area contributed by atoms with Crippen LogP contribution in [0, 0.1) is 5.82 Å². The topological polar surface area (TPSA) is 105 Å². The summed E-state index contributed by atoms with van der Waals surface area (Å²) >= 11 is 0. The minimum Gasteiger partial charge on any atom is -0.444 e. The Hall–Kier alpha value is -5.61. The molecule has 2 aliphatic rings. The summed E-state index contributed by atoms with van der Waals surface area (Å²) in [5.74, 6) is -0.376. The zero-order valence-electron chi connectivity index (χ0n) is 27.0. The molecule has 0 radical (unpaired) electrons. The molecular weight excluding hydrogens is 619 g/mol. The minimum atomic E-state index is -0.581. The van der Waals surface area contributed by atoms with Crippen LogP contribution in [0.4, 0.5) is 20.8 Å². The molecule has 1 aromatic heterocycles. The van der Waals surface area contributed by atoms with E-state index in [-0.39, 0.29) is 13.0 Å². The van der Waals surface area contributed by atoms with Gasteiger partial charge in [0.1, 0.15) is 11.9 Å². The van der Waals surface area contributed by atoms with Crippen molar-refractivity contribution in [3.05, 3.63) is 144 Å². The van der Waals surface area contributed by atoms with Crippen LogP contribution in [0.15, 0.2) is 122 Å². The Morgan fingerprint density at radius 3 is 1.88 bits per heavy atom. The normalized spacial score (nSPS) is 16.8. The van der Waals surface area contributed by atoms with Crippen molar-refractivity contribution in [2.75, 3.05) is 42.5 Å². The monoisotopic (exact) mass is 656 g/mol. The van der Waals surface area contributed by atoms with Gasteiger partial charge in [-0.3, -0.25) is 14.6 Å². The van der Waals surface area contributed by atoms with Gasteiger partial charge in [-0.25, -0.2) is 19.2 Å². The number of aromatic nitrogens is 2. The van der Waals surface area contributed by atoms with Crippen molar-refractivity contribution < 1.29 is 18.7 Å². The molecule has 3 heterocycles. The number of piperazine rings is 1. The largest absolute Gasteiger partial charge is 0.444 e. The van der Waals surface area contributed by atoms with E-state index in [1.807, 2.05) is 0 Å². The molecular formula is C39H37FN6O3. The first-order chi connectivity index (χ1) is 23.9. The van der Waals surface area contributed by atoms with Gasteiger partial charge in [-0.15, -0.1) is 0 Å². The summed E-state index contributed by atoms with van der Waals surface area (Å²) in [4.78, 5) is 38.9. The van der Waals surface area contributed by atoms with Crippen LogP contribution in [-0.2, 0) is 15.1 Å². The lowest BCUT2D eigenvalue weighted by atomic mass is 9.75. The number of primary amides is 1. The Kier molecular flexibility index (Phi) is 9.04. The van der Waals surface area contributed by atoms with E-state index in [9.17, 15) is 9.59 Å². The second-order valence-electron chi connectivity index (χ2n) is 12.3. The Morgan fingerprint density at radius 2 is 1.37 bits per heavy atom. The van der Waals surface area contributed by atoms with Crippen molar-refractivity contribution in [2.45, 2.75) is 24.5 Å². The summed E-state index contributed by atoms with van der Waals surface area (Å²) in [5, 5.41) is 0. The van der Waals surface area contributed by atoms with Crippen molar-refractivity contribution in [1.29, 1.82) is 0 Å². The molecule has 9 nitrogen and oxygen atoms in total. The fraction of sp³-hybridized carbons (Fsp3) is 0.231. The summed E-state index contributed by atoms with van der Waals surface area (Å²) < 4.78 is 20.7. The number of ether oxygens (including phenoxy) is 1. The molecule has 4 aromatic carbocycles.